The maximum Gasteiger partial charge on any atom is 0.0902 e. The molecule has 0 spiro atoms. The molecule has 3 nitrogen and oxygen atoms in total. The van der Waals surface area contributed by atoms with Crippen LogP contribution in [0.15, 0.2) is 22.9 Å². The molecular weight excluding hydrogens is 298 g/mol. The van der Waals surface area contributed by atoms with Crippen molar-refractivity contribution in [2.24, 2.45) is 5.73 Å². The van der Waals surface area contributed by atoms with Crippen molar-refractivity contribution >= 4 is 33.1 Å². The molecule has 1 aliphatic heterocycles. The average molecular weight is 314 g/mol. The SMILES string of the molecule is NC(=S)C1CCCCN1Cc1cncc(Br)c1. The second-order valence-electron chi connectivity index (χ2n) is 4.40. The summed E-state index contributed by atoms with van der Waals surface area (Å²) < 4.78 is 1.01. The van der Waals surface area contributed by atoms with Crippen molar-refractivity contribution < 1.29 is 0 Å². The fourth-order valence-electron chi connectivity index (χ4n) is 2.28. The van der Waals surface area contributed by atoms with Gasteiger partial charge in [-0.05, 0) is 46.9 Å². The van der Waals surface area contributed by atoms with Gasteiger partial charge in [0, 0.05) is 23.4 Å². The first-order valence-corrected chi connectivity index (χ1v) is 7.00. The number of nitrogens with two attached hydrogens (primary N) is 1. The highest BCUT2D eigenvalue weighted by Gasteiger charge is 2.24. The van der Waals surface area contributed by atoms with Crippen molar-refractivity contribution in [1.82, 2.24) is 9.88 Å². The van der Waals surface area contributed by atoms with Gasteiger partial charge in [0.2, 0.25) is 0 Å². The molecule has 1 unspecified atom stereocenters. The van der Waals surface area contributed by atoms with Crippen molar-refractivity contribution in [2.45, 2.75) is 31.8 Å². The predicted molar refractivity (Wildman–Crippen MR) is 76.8 cm³/mol. The van der Waals surface area contributed by atoms with Crippen LogP contribution in [0.25, 0.3) is 0 Å². The fourth-order valence-corrected chi connectivity index (χ4v) is 2.96. The van der Waals surface area contributed by atoms with E-state index in [4.69, 9.17) is 18.0 Å². The molecule has 17 heavy (non-hydrogen) atoms. The minimum atomic E-state index is 0.248. The first kappa shape index (κ1) is 12.9. The Morgan fingerprint density at radius 3 is 3.06 bits per heavy atom. The average Bonchev–Trinajstić information content (AvgIpc) is 2.29. The minimum Gasteiger partial charge on any atom is -0.392 e. The molecule has 2 heterocycles. The van der Waals surface area contributed by atoms with E-state index in [1.54, 1.807) is 6.20 Å². The standard InChI is InChI=1S/C12H16BrN3S/c13-10-5-9(6-15-7-10)8-16-4-2-1-3-11(16)12(14)17/h5-7,11H,1-4,8H2,(H2,14,17). The summed E-state index contributed by atoms with van der Waals surface area (Å²) in [4.78, 5) is 7.16. The van der Waals surface area contributed by atoms with E-state index in [1.165, 1.54) is 18.4 Å². The van der Waals surface area contributed by atoms with Gasteiger partial charge in [0.15, 0.2) is 0 Å². The lowest BCUT2D eigenvalue weighted by Gasteiger charge is -2.34. The lowest BCUT2D eigenvalue weighted by molar-refractivity contribution is 0.184. The zero-order valence-corrected chi connectivity index (χ0v) is 12.0. The summed E-state index contributed by atoms with van der Waals surface area (Å²) in [7, 11) is 0. The van der Waals surface area contributed by atoms with E-state index in [0.717, 1.165) is 24.0 Å². The van der Waals surface area contributed by atoms with Crippen molar-refractivity contribution in [3.05, 3.63) is 28.5 Å². The van der Waals surface area contributed by atoms with Crippen molar-refractivity contribution in [3.63, 3.8) is 0 Å². The molecule has 1 aromatic rings. The highest BCUT2D eigenvalue weighted by molar-refractivity contribution is 9.10. The summed E-state index contributed by atoms with van der Waals surface area (Å²) >= 11 is 8.59. The Kier molecular flexibility index (Phi) is 4.48. The fraction of sp³-hybridized carbons (Fsp3) is 0.500. The van der Waals surface area contributed by atoms with Gasteiger partial charge >= 0.3 is 0 Å². The van der Waals surface area contributed by atoms with Gasteiger partial charge in [0.05, 0.1) is 11.0 Å². The van der Waals surface area contributed by atoms with Crippen LogP contribution in [0.1, 0.15) is 24.8 Å². The van der Waals surface area contributed by atoms with Crippen LogP contribution in [0.2, 0.25) is 0 Å². The molecule has 1 fully saturated rings. The number of hydrogen-bond acceptors (Lipinski definition) is 3. The molecule has 1 saturated heterocycles. The third-order valence-electron chi connectivity index (χ3n) is 3.09. The van der Waals surface area contributed by atoms with Gasteiger partial charge in [-0.15, -0.1) is 0 Å². The van der Waals surface area contributed by atoms with Crippen LogP contribution in [0.4, 0.5) is 0 Å². The number of nitrogens with zero attached hydrogens (tertiary/aromatic N) is 2. The molecule has 2 rings (SSSR count). The Morgan fingerprint density at radius 1 is 1.53 bits per heavy atom. The lowest BCUT2D eigenvalue weighted by Crippen LogP contribution is -2.46. The van der Waals surface area contributed by atoms with E-state index >= 15 is 0 Å². The number of pyridine rings is 1. The summed E-state index contributed by atoms with van der Waals surface area (Å²) in [5.41, 5.74) is 7.00. The van der Waals surface area contributed by atoms with Gasteiger partial charge in [-0.2, -0.15) is 0 Å². The highest BCUT2D eigenvalue weighted by Crippen LogP contribution is 2.20. The van der Waals surface area contributed by atoms with E-state index in [1.807, 2.05) is 6.20 Å². The summed E-state index contributed by atoms with van der Waals surface area (Å²) in [6.07, 6.45) is 7.22. The molecule has 5 heteroatoms. The maximum atomic E-state index is 5.81. The van der Waals surface area contributed by atoms with E-state index in [2.05, 4.69) is 31.9 Å². The minimum absolute atomic E-state index is 0.248. The van der Waals surface area contributed by atoms with Gasteiger partial charge < -0.3 is 5.73 Å². The summed E-state index contributed by atoms with van der Waals surface area (Å²) in [5, 5.41) is 0. The van der Waals surface area contributed by atoms with Gasteiger partial charge in [-0.3, -0.25) is 9.88 Å². The number of likely N-dealkylation sites (tertiary alicyclic amines) is 1. The van der Waals surface area contributed by atoms with Crippen molar-refractivity contribution in [3.8, 4) is 0 Å². The van der Waals surface area contributed by atoms with E-state index in [0.29, 0.717) is 4.99 Å². The van der Waals surface area contributed by atoms with Gasteiger partial charge in [-0.1, -0.05) is 18.6 Å². The van der Waals surface area contributed by atoms with Crippen LogP contribution in [0.3, 0.4) is 0 Å². The Labute approximate surface area is 116 Å². The van der Waals surface area contributed by atoms with Gasteiger partial charge in [0.25, 0.3) is 0 Å². The lowest BCUT2D eigenvalue weighted by atomic mass is 10.0. The third kappa shape index (κ3) is 3.47. The number of hydrogen-bond donors (Lipinski definition) is 1. The number of thiocarbonyl (C=S) groups is 1. The van der Waals surface area contributed by atoms with Crippen LogP contribution in [0.5, 0.6) is 0 Å². The predicted octanol–water partition coefficient (Wildman–Crippen LogP) is 2.48. The van der Waals surface area contributed by atoms with Gasteiger partial charge in [0.1, 0.15) is 0 Å². The Hall–Kier alpha value is -0.520. The van der Waals surface area contributed by atoms with E-state index in [-0.39, 0.29) is 6.04 Å². The second-order valence-corrected chi connectivity index (χ2v) is 5.78. The molecule has 1 aromatic heterocycles. The number of aromatic nitrogens is 1. The zero-order chi connectivity index (χ0) is 12.3. The summed E-state index contributed by atoms with van der Waals surface area (Å²) in [5.74, 6) is 0. The highest BCUT2D eigenvalue weighted by atomic mass is 79.9. The Balaban J connectivity index is 2.08. The van der Waals surface area contributed by atoms with Crippen LogP contribution in [0, 0.1) is 0 Å². The Morgan fingerprint density at radius 2 is 2.35 bits per heavy atom. The number of rotatable bonds is 3. The largest absolute Gasteiger partial charge is 0.392 e. The molecular formula is C12H16BrN3S. The van der Waals surface area contributed by atoms with Crippen LogP contribution in [-0.2, 0) is 6.54 Å². The number of halogens is 1. The molecule has 0 amide bonds. The molecule has 2 N–H and O–H groups in total. The first-order chi connectivity index (χ1) is 8.16. The topological polar surface area (TPSA) is 42.1 Å². The van der Waals surface area contributed by atoms with Crippen LogP contribution < -0.4 is 5.73 Å². The second kappa shape index (κ2) is 5.89. The summed E-state index contributed by atoms with van der Waals surface area (Å²) in [6, 6.07) is 2.34. The van der Waals surface area contributed by atoms with Crippen molar-refractivity contribution in [2.75, 3.05) is 6.54 Å². The molecule has 0 aromatic carbocycles. The molecule has 0 aliphatic carbocycles. The van der Waals surface area contributed by atoms with Crippen LogP contribution in [-0.4, -0.2) is 27.5 Å². The monoisotopic (exact) mass is 313 g/mol. The smallest absolute Gasteiger partial charge is 0.0902 e. The van der Waals surface area contributed by atoms with Crippen molar-refractivity contribution in [1.29, 1.82) is 0 Å². The normalized spacial score (nSPS) is 21.4. The van der Waals surface area contributed by atoms with E-state index < -0.39 is 0 Å². The number of piperidine rings is 1. The van der Waals surface area contributed by atoms with E-state index in [9.17, 15) is 0 Å². The zero-order valence-electron chi connectivity index (χ0n) is 9.60. The van der Waals surface area contributed by atoms with Gasteiger partial charge in [-0.25, -0.2) is 0 Å². The molecule has 1 aliphatic rings. The molecule has 0 bridgehead atoms. The quantitative estimate of drug-likeness (QED) is 0.871. The first-order valence-electron chi connectivity index (χ1n) is 5.79. The third-order valence-corrected chi connectivity index (χ3v) is 3.80. The molecule has 92 valence electrons. The molecule has 0 radical (unpaired) electrons. The molecule has 0 saturated carbocycles. The van der Waals surface area contributed by atoms with Crippen LogP contribution >= 0.6 is 28.1 Å². The molecule has 1 atom stereocenters. The summed E-state index contributed by atoms with van der Waals surface area (Å²) in [6.45, 7) is 1.93. The Bertz CT molecular complexity index is 410. The maximum absolute atomic E-state index is 5.81.